The lowest BCUT2D eigenvalue weighted by Crippen LogP contribution is -2.42. The number of carbonyl (C=O) groups excluding carboxylic acids is 1. The molecule has 5 heteroatoms. The average Bonchev–Trinajstić information content (AvgIpc) is 2.92. The highest BCUT2D eigenvalue weighted by Gasteiger charge is 2.28. The van der Waals surface area contributed by atoms with Gasteiger partial charge in [0.05, 0.1) is 23.8 Å². The molecule has 1 aromatic carbocycles. The van der Waals surface area contributed by atoms with Crippen LogP contribution in [0.5, 0.6) is 5.75 Å². The Kier molecular flexibility index (Phi) is 4.97. The molecule has 2 rings (SSSR count). The van der Waals surface area contributed by atoms with Crippen molar-refractivity contribution in [1.29, 1.82) is 5.26 Å². The summed E-state index contributed by atoms with van der Waals surface area (Å²) >= 11 is 0. The molecule has 1 aromatic rings. The topological polar surface area (TPSA) is 71.3 Å². The first-order valence-corrected chi connectivity index (χ1v) is 6.68. The molecule has 0 saturated heterocycles. The van der Waals surface area contributed by atoms with Gasteiger partial charge in [0.1, 0.15) is 5.75 Å². The van der Waals surface area contributed by atoms with E-state index in [4.69, 9.17) is 14.7 Å². The van der Waals surface area contributed by atoms with Gasteiger partial charge in [-0.2, -0.15) is 5.26 Å². The number of hydrogen-bond acceptors (Lipinski definition) is 4. The molecule has 1 amide bonds. The fourth-order valence-electron chi connectivity index (χ4n) is 2.40. The van der Waals surface area contributed by atoms with Crippen molar-refractivity contribution < 1.29 is 14.3 Å². The van der Waals surface area contributed by atoms with Crippen molar-refractivity contribution in [2.75, 3.05) is 13.7 Å². The maximum absolute atomic E-state index is 11.8. The highest BCUT2D eigenvalue weighted by atomic mass is 16.5. The Morgan fingerprint density at radius 3 is 2.80 bits per heavy atom. The molecule has 0 bridgehead atoms. The predicted octanol–water partition coefficient (Wildman–Crippen LogP) is 1.62. The lowest BCUT2D eigenvalue weighted by Gasteiger charge is -2.19. The Hall–Kier alpha value is -2.06. The van der Waals surface area contributed by atoms with Gasteiger partial charge in [0, 0.05) is 7.11 Å². The molecule has 0 radical (unpaired) electrons. The molecule has 1 aliphatic rings. The monoisotopic (exact) mass is 274 g/mol. The van der Waals surface area contributed by atoms with Crippen LogP contribution in [0.25, 0.3) is 0 Å². The van der Waals surface area contributed by atoms with Crippen molar-refractivity contribution >= 4 is 5.91 Å². The molecular weight excluding hydrogens is 256 g/mol. The summed E-state index contributed by atoms with van der Waals surface area (Å²) in [5, 5.41) is 11.6. The summed E-state index contributed by atoms with van der Waals surface area (Å²) < 4.78 is 10.7. The van der Waals surface area contributed by atoms with Crippen LogP contribution in [-0.2, 0) is 9.53 Å². The third-order valence-corrected chi connectivity index (χ3v) is 3.46. The summed E-state index contributed by atoms with van der Waals surface area (Å²) in [5.74, 6) is 0.428. The van der Waals surface area contributed by atoms with Crippen molar-refractivity contribution in [2.45, 2.75) is 31.4 Å². The molecule has 2 unspecified atom stereocenters. The molecule has 1 aliphatic carbocycles. The first-order chi connectivity index (χ1) is 9.72. The fourth-order valence-corrected chi connectivity index (χ4v) is 2.40. The summed E-state index contributed by atoms with van der Waals surface area (Å²) in [6.45, 7) is -0.0289. The number of amides is 1. The Morgan fingerprint density at radius 2 is 2.15 bits per heavy atom. The number of nitrogens with one attached hydrogen (secondary N) is 1. The second kappa shape index (κ2) is 6.92. The summed E-state index contributed by atoms with van der Waals surface area (Å²) in [5.41, 5.74) is 0.565. The van der Waals surface area contributed by atoms with Gasteiger partial charge in [-0.15, -0.1) is 0 Å². The van der Waals surface area contributed by atoms with Gasteiger partial charge in [0.15, 0.2) is 6.61 Å². The molecular formula is C15H18N2O3. The van der Waals surface area contributed by atoms with Gasteiger partial charge >= 0.3 is 0 Å². The van der Waals surface area contributed by atoms with Gasteiger partial charge in [0.2, 0.25) is 0 Å². The van der Waals surface area contributed by atoms with E-state index in [0.717, 1.165) is 19.3 Å². The third kappa shape index (κ3) is 3.72. The minimum atomic E-state index is -0.150. The first kappa shape index (κ1) is 14.4. The smallest absolute Gasteiger partial charge is 0.258 e. The molecule has 0 aliphatic heterocycles. The summed E-state index contributed by atoms with van der Waals surface area (Å²) in [4.78, 5) is 11.8. The standard InChI is InChI=1S/C15H18N2O3/c1-19-14-4-2-3-13(14)17-15(18)10-20-12-7-5-11(9-16)6-8-12/h5-8,13-14H,2-4,10H2,1H3,(H,17,18). The van der Waals surface area contributed by atoms with Gasteiger partial charge in [-0.1, -0.05) is 0 Å². The molecule has 0 heterocycles. The van der Waals surface area contributed by atoms with E-state index in [1.807, 2.05) is 6.07 Å². The maximum atomic E-state index is 11.8. The van der Waals surface area contributed by atoms with E-state index in [2.05, 4.69) is 5.32 Å². The number of benzene rings is 1. The van der Waals surface area contributed by atoms with Crippen LogP contribution in [0.1, 0.15) is 24.8 Å². The van der Waals surface area contributed by atoms with Crippen LogP contribution in [-0.4, -0.2) is 31.8 Å². The van der Waals surface area contributed by atoms with Crippen LogP contribution in [0.4, 0.5) is 0 Å². The lowest BCUT2D eigenvalue weighted by atomic mass is 10.2. The molecule has 2 atom stereocenters. The molecule has 1 N–H and O–H groups in total. The van der Waals surface area contributed by atoms with Crippen LogP contribution >= 0.6 is 0 Å². The Morgan fingerprint density at radius 1 is 1.40 bits per heavy atom. The molecule has 5 nitrogen and oxygen atoms in total. The predicted molar refractivity (Wildman–Crippen MR) is 73.2 cm³/mol. The minimum Gasteiger partial charge on any atom is -0.484 e. The van der Waals surface area contributed by atoms with E-state index >= 15 is 0 Å². The molecule has 106 valence electrons. The van der Waals surface area contributed by atoms with Crippen LogP contribution in [0, 0.1) is 11.3 Å². The van der Waals surface area contributed by atoms with Crippen molar-refractivity contribution in [1.82, 2.24) is 5.32 Å². The van der Waals surface area contributed by atoms with Crippen molar-refractivity contribution in [3.63, 3.8) is 0 Å². The number of methoxy groups -OCH3 is 1. The highest BCUT2D eigenvalue weighted by molar-refractivity contribution is 5.78. The second-order valence-corrected chi connectivity index (χ2v) is 4.80. The number of ether oxygens (including phenoxy) is 2. The number of carbonyl (C=O) groups is 1. The Bertz CT molecular complexity index is 493. The highest BCUT2D eigenvalue weighted by Crippen LogP contribution is 2.21. The molecule has 20 heavy (non-hydrogen) atoms. The lowest BCUT2D eigenvalue weighted by molar-refractivity contribution is -0.124. The zero-order chi connectivity index (χ0) is 14.4. The quantitative estimate of drug-likeness (QED) is 0.885. The molecule has 0 spiro atoms. The van der Waals surface area contributed by atoms with E-state index < -0.39 is 0 Å². The normalized spacial score (nSPS) is 21.2. The van der Waals surface area contributed by atoms with Crippen LogP contribution in [0.3, 0.4) is 0 Å². The van der Waals surface area contributed by atoms with Crippen LogP contribution in [0.2, 0.25) is 0 Å². The number of hydrogen-bond donors (Lipinski definition) is 1. The number of nitriles is 1. The van der Waals surface area contributed by atoms with E-state index in [0.29, 0.717) is 11.3 Å². The van der Waals surface area contributed by atoms with Crippen molar-refractivity contribution in [3.8, 4) is 11.8 Å². The average molecular weight is 274 g/mol. The van der Waals surface area contributed by atoms with E-state index in [9.17, 15) is 4.79 Å². The Balaban J connectivity index is 1.78. The molecule has 0 aromatic heterocycles. The van der Waals surface area contributed by atoms with E-state index in [1.165, 1.54) is 0 Å². The number of rotatable bonds is 5. The van der Waals surface area contributed by atoms with Crippen molar-refractivity contribution in [3.05, 3.63) is 29.8 Å². The van der Waals surface area contributed by atoms with Gasteiger partial charge in [-0.3, -0.25) is 4.79 Å². The first-order valence-electron chi connectivity index (χ1n) is 6.68. The van der Waals surface area contributed by atoms with Gasteiger partial charge < -0.3 is 14.8 Å². The third-order valence-electron chi connectivity index (χ3n) is 3.46. The van der Waals surface area contributed by atoms with Crippen LogP contribution in [0.15, 0.2) is 24.3 Å². The van der Waals surface area contributed by atoms with E-state index in [1.54, 1.807) is 31.4 Å². The van der Waals surface area contributed by atoms with Gasteiger partial charge in [-0.05, 0) is 43.5 Å². The van der Waals surface area contributed by atoms with Gasteiger partial charge in [0.25, 0.3) is 5.91 Å². The zero-order valence-corrected chi connectivity index (χ0v) is 11.5. The fraction of sp³-hybridized carbons (Fsp3) is 0.467. The maximum Gasteiger partial charge on any atom is 0.258 e. The second-order valence-electron chi connectivity index (χ2n) is 4.80. The Labute approximate surface area is 118 Å². The minimum absolute atomic E-state index is 0.0289. The van der Waals surface area contributed by atoms with E-state index in [-0.39, 0.29) is 24.7 Å². The SMILES string of the molecule is COC1CCCC1NC(=O)COc1ccc(C#N)cc1. The summed E-state index contributed by atoms with van der Waals surface area (Å²) in [6.07, 6.45) is 3.10. The summed E-state index contributed by atoms with van der Waals surface area (Å²) in [7, 11) is 1.67. The van der Waals surface area contributed by atoms with Crippen molar-refractivity contribution in [2.24, 2.45) is 0 Å². The molecule has 1 fully saturated rings. The molecule has 1 saturated carbocycles. The van der Waals surface area contributed by atoms with Gasteiger partial charge in [-0.25, -0.2) is 0 Å². The summed E-state index contributed by atoms with van der Waals surface area (Å²) in [6, 6.07) is 8.79. The largest absolute Gasteiger partial charge is 0.484 e. The number of nitrogens with zero attached hydrogens (tertiary/aromatic N) is 1. The zero-order valence-electron chi connectivity index (χ0n) is 11.5. The van der Waals surface area contributed by atoms with Crippen LogP contribution < -0.4 is 10.1 Å².